The molecule has 2 aromatic rings. The molecule has 2 aromatic heterocycles. The molecule has 4 nitrogen and oxygen atoms in total. The van der Waals surface area contributed by atoms with Crippen LogP contribution in [0.15, 0.2) is 21.2 Å². The van der Waals surface area contributed by atoms with Crippen molar-refractivity contribution in [1.29, 1.82) is 0 Å². The highest BCUT2D eigenvalue weighted by Gasteiger charge is 2.17. The van der Waals surface area contributed by atoms with Gasteiger partial charge in [0, 0.05) is 10.7 Å². The maximum atomic E-state index is 11.0. The third-order valence-electron chi connectivity index (χ3n) is 2.02. The number of hydrogen-bond donors (Lipinski definition) is 1. The van der Waals surface area contributed by atoms with Crippen LogP contribution in [0, 0.1) is 6.92 Å². The molecule has 0 fully saturated rings. The van der Waals surface area contributed by atoms with Crippen molar-refractivity contribution in [3.8, 4) is 0 Å². The molecule has 0 aliphatic heterocycles. The Morgan fingerprint density at radius 1 is 1.53 bits per heavy atom. The molecule has 0 aromatic carbocycles. The molecule has 0 atom stereocenters. The smallest absolute Gasteiger partial charge is 0.354 e. The lowest BCUT2D eigenvalue weighted by molar-refractivity contribution is 0.0688. The molecular formula is C9H6Br2N2O2. The number of carboxylic acid groups (broad SMARTS) is 1. The summed E-state index contributed by atoms with van der Waals surface area (Å²) >= 11 is 6.64. The minimum atomic E-state index is -0.981. The van der Waals surface area contributed by atoms with Crippen LogP contribution in [0.4, 0.5) is 0 Å². The molecule has 0 aliphatic carbocycles. The Bertz CT molecular complexity index is 563. The molecule has 2 rings (SSSR count). The first kappa shape index (κ1) is 10.6. The summed E-state index contributed by atoms with van der Waals surface area (Å²) in [6.07, 6.45) is 1.68. The van der Waals surface area contributed by atoms with E-state index in [1.165, 1.54) is 0 Å². The fourth-order valence-corrected chi connectivity index (χ4v) is 2.71. The Labute approximate surface area is 102 Å². The first-order chi connectivity index (χ1) is 7.00. The lowest BCUT2D eigenvalue weighted by atomic mass is 10.3. The summed E-state index contributed by atoms with van der Waals surface area (Å²) < 4.78 is 3.10. The van der Waals surface area contributed by atoms with Gasteiger partial charge < -0.3 is 5.11 Å². The number of carbonyl (C=O) groups is 1. The van der Waals surface area contributed by atoms with Crippen LogP contribution in [0.25, 0.3) is 5.65 Å². The van der Waals surface area contributed by atoms with Gasteiger partial charge in [0.1, 0.15) is 0 Å². The summed E-state index contributed by atoms with van der Waals surface area (Å²) in [5.74, 6) is -0.981. The van der Waals surface area contributed by atoms with Crippen LogP contribution in [0.1, 0.15) is 16.2 Å². The number of halogens is 2. The molecule has 15 heavy (non-hydrogen) atoms. The predicted octanol–water partition coefficient (Wildman–Crippen LogP) is 2.87. The number of aromatic carboxylic acids is 1. The van der Waals surface area contributed by atoms with Gasteiger partial charge in [0.25, 0.3) is 0 Å². The first-order valence-corrected chi connectivity index (χ1v) is 5.66. The van der Waals surface area contributed by atoms with E-state index in [1.807, 2.05) is 6.07 Å². The van der Waals surface area contributed by atoms with Crippen molar-refractivity contribution in [2.24, 2.45) is 0 Å². The van der Waals surface area contributed by atoms with Gasteiger partial charge in [-0.05, 0) is 44.8 Å². The van der Waals surface area contributed by atoms with E-state index in [4.69, 9.17) is 5.11 Å². The van der Waals surface area contributed by atoms with Gasteiger partial charge in [-0.15, -0.1) is 0 Å². The second kappa shape index (κ2) is 3.61. The van der Waals surface area contributed by atoms with Gasteiger partial charge in [0.05, 0.1) is 10.2 Å². The molecule has 0 bridgehead atoms. The Morgan fingerprint density at radius 3 is 2.80 bits per heavy atom. The molecule has 0 saturated heterocycles. The Balaban J connectivity index is 2.93. The quantitative estimate of drug-likeness (QED) is 0.873. The highest BCUT2D eigenvalue weighted by atomic mass is 79.9. The van der Waals surface area contributed by atoms with Crippen LogP contribution < -0.4 is 0 Å². The van der Waals surface area contributed by atoms with Gasteiger partial charge in [-0.25, -0.2) is 9.78 Å². The molecular weight excluding hydrogens is 328 g/mol. The molecule has 0 saturated carbocycles. The van der Waals surface area contributed by atoms with Gasteiger partial charge in [-0.2, -0.15) is 0 Å². The number of pyridine rings is 1. The van der Waals surface area contributed by atoms with Crippen molar-refractivity contribution in [3.63, 3.8) is 0 Å². The minimum absolute atomic E-state index is 0.187. The number of hydrogen-bond acceptors (Lipinski definition) is 2. The third-order valence-corrected chi connectivity index (χ3v) is 3.04. The van der Waals surface area contributed by atoms with E-state index in [0.717, 1.165) is 8.95 Å². The second-order valence-electron chi connectivity index (χ2n) is 3.05. The monoisotopic (exact) mass is 332 g/mol. The zero-order chi connectivity index (χ0) is 11.2. The van der Waals surface area contributed by atoms with Crippen LogP contribution in [0.3, 0.4) is 0 Å². The second-order valence-corrected chi connectivity index (χ2v) is 4.82. The largest absolute Gasteiger partial charge is 0.477 e. The van der Waals surface area contributed by atoms with Crippen LogP contribution >= 0.6 is 31.9 Å². The molecule has 0 aliphatic rings. The molecule has 2 heterocycles. The highest BCUT2D eigenvalue weighted by Crippen LogP contribution is 2.24. The highest BCUT2D eigenvalue weighted by molar-refractivity contribution is 9.11. The summed E-state index contributed by atoms with van der Waals surface area (Å²) in [4.78, 5) is 15.2. The number of aryl methyl sites for hydroxylation is 1. The van der Waals surface area contributed by atoms with E-state index in [9.17, 15) is 4.79 Å². The molecule has 0 unspecified atom stereocenters. The fraction of sp³-hybridized carbons (Fsp3) is 0.111. The third kappa shape index (κ3) is 1.68. The van der Waals surface area contributed by atoms with Gasteiger partial charge in [0.2, 0.25) is 0 Å². The van der Waals surface area contributed by atoms with Crippen molar-refractivity contribution in [1.82, 2.24) is 9.38 Å². The van der Waals surface area contributed by atoms with E-state index in [1.54, 1.807) is 17.5 Å². The molecule has 78 valence electrons. The Hall–Kier alpha value is -0.880. The van der Waals surface area contributed by atoms with E-state index in [0.29, 0.717) is 11.3 Å². The van der Waals surface area contributed by atoms with Crippen molar-refractivity contribution < 1.29 is 9.90 Å². The number of nitrogens with zero attached hydrogens (tertiary/aromatic N) is 2. The van der Waals surface area contributed by atoms with Gasteiger partial charge in [-0.1, -0.05) is 0 Å². The normalized spacial score (nSPS) is 10.9. The number of aromatic nitrogens is 2. The topological polar surface area (TPSA) is 54.6 Å². The number of carboxylic acids is 1. The summed E-state index contributed by atoms with van der Waals surface area (Å²) in [5.41, 5.74) is 1.29. The summed E-state index contributed by atoms with van der Waals surface area (Å²) in [6.45, 7) is 1.68. The fourth-order valence-electron chi connectivity index (χ4n) is 1.44. The molecule has 6 heteroatoms. The average molecular weight is 334 g/mol. The minimum Gasteiger partial charge on any atom is -0.477 e. The molecule has 0 radical (unpaired) electrons. The number of rotatable bonds is 1. The SMILES string of the molecule is Cc1nc2c(Br)cc(Br)cn2c1C(=O)O. The average Bonchev–Trinajstić information content (AvgIpc) is 2.41. The van der Waals surface area contributed by atoms with Crippen molar-refractivity contribution in [3.05, 3.63) is 32.6 Å². The Kier molecular flexibility index (Phi) is 2.56. The van der Waals surface area contributed by atoms with E-state index in [2.05, 4.69) is 36.8 Å². The number of fused-ring (bicyclic) bond motifs is 1. The zero-order valence-corrected chi connectivity index (χ0v) is 10.8. The van der Waals surface area contributed by atoms with E-state index < -0.39 is 5.97 Å². The Morgan fingerprint density at radius 2 is 2.20 bits per heavy atom. The van der Waals surface area contributed by atoms with Crippen LogP contribution in [0.5, 0.6) is 0 Å². The first-order valence-electron chi connectivity index (χ1n) is 4.07. The standard InChI is InChI=1S/C9H6Br2N2O2/c1-4-7(9(14)15)13-3-5(10)2-6(11)8(13)12-4/h2-3H,1H3,(H,14,15). The molecule has 0 amide bonds. The van der Waals surface area contributed by atoms with E-state index in [-0.39, 0.29) is 5.69 Å². The summed E-state index contributed by atoms with van der Waals surface area (Å²) in [6, 6.07) is 1.83. The van der Waals surface area contributed by atoms with E-state index >= 15 is 0 Å². The lowest BCUT2D eigenvalue weighted by Gasteiger charge is -2.00. The van der Waals surface area contributed by atoms with Crippen LogP contribution in [0.2, 0.25) is 0 Å². The predicted molar refractivity (Wildman–Crippen MR) is 62.3 cm³/mol. The molecule has 1 N–H and O–H groups in total. The van der Waals surface area contributed by atoms with Gasteiger partial charge >= 0.3 is 5.97 Å². The van der Waals surface area contributed by atoms with Crippen molar-refractivity contribution in [2.45, 2.75) is 6.92 Å². The maximum absolute atomic E-state index is 11.0. The zero-order valence-electron chi connectivity index (χ0n) is 7.66. The maximum Gasteiger partial charge on any atom is 0.354 e. The summed E-state index contributed by atoms with van der Waals surface area (Å²) in [7, 11) is 0. The van der Waals surface area contributed by atoms with Crippen molar-refractivity contribution in [2.75, 3.05) is 0 Å². The van der Waals surface area contributed by atoms with Gasteiger partial charge in [-0.3, -0.25) is 4.40 Å². The number of imidazole rings is 1. The van der Waals surface area contributed by atoms with Crippen LogP contribution in [-0.2, 0) is 0 Å². The van der Waals surface area contributed by atoms with Crippen molar-refractivity contribution >= 4 is 43.5 Å². The van der Waals surface area contributed by atoms with Crippen LogP contribution in [-0.4, -0.2) is 20.5 Å². The molecule has 0 spiro atoms. The summed E-state index contributed by atoms with van der Waals surface area (Å²) in [5, 5.41) is 9.04. The lowest BCUT2D eigenvalue weighted by Crippen LogP contribution is -2.03. The van der Waals surface area contributed by atoms with Gasteiger partial charge in [0.15, 0.2) is 11.3 Å².